The van der Waals surface area contributed by atoms with Gasteiger partial charge in [0.25, 0.3) is 5.91 Å². The average Bonchev–Trinajstić information content (AvgIpc) is 2.94. The molecule has 0 bridgehead atoms. The van der Waals surface area contributed by atoms with Crippen molar-refractivity contribution in [3.8, 4) is 0 Å². The Morgan fingerprint density at radius 2 is 1.81 bits per heavy atom. The van der Waals surface area contributed by atoms with Crippen LogP contribution >= 0.6 is 0 Å². The Hall–Kier alpha value is -1.84. The van der Waals surface area contributed by atoms with E-state index in [-0.39, 0.29) is 11.9 Å². The lowest BCUT2D eigenvalue weighted by Gasteiger charge is -2.29. The number of benzene rings is 1. The van der Waals surface area contributed by atoms with Crippen LogP contribution in [0.4, 0.5) is 0 Å². The molecule has 4 nitrogen and oxygen atoms in total. The highest BCUT2D eigenvalue weighted by Crippen LogP contribution is 2.26. The van der Waals surface area contributed by atoms with E-state index in [4.69, 9.17) is 0 Å². The number of aliphatic carboxylic acids is 1. The second kappa shape index (κ2) is 5.88. The number of amides is 1. The van der Waals surface area contributed by atoms with Gasteiger partial charge in [0.05, 0.1) is 5.92 Å². The van der Waals surface area contributed by atoms with Crippen LogP contribution in [0.15, 0.2) is 18.2 Å². The Balaban J connectivity index is 1.72. The molecule has 2 aliphatic carbocycles. The lowest BCUT2D eigenvalue weighted by Crippen LogP contribution is -2.45. The first-order valence-corrected chi connectivity index (χ1v) is 7.80. The van der Waals surface area contributed by atoms with Crippen LogP contribution in [0.25, 0.3) is 0 Å². The Bertz CT molecular complexity index is 567. The maximum Gasteiger partial charge on any atom is 0.308 e. The van der Waals surface area contributed by atoms with Gasteiger partial charge in [0.2, 0.25) is 0 Å². The third kappa shape index (κ3) is 2.94. The average molecular weight is 287 g/mol. The molecule has 21 heavy (non-hydrogen) atoms. The predicted octanol–water partition coefficient (Wildman–Crippen LogP) is 2.55. The van der Waals surface area contributed by atoms with Gasteiger partial charge >= 0.3 is 5.97 Å². The van der Waals surface area contributed by atoms with Gasteiger partial charge in [-0.15, -0.1) is 0 Å². The Kier molecular flexibility index (Phi) is 3.95. The molecule has 2 aliphatic rings. The quantitative estimate of drug-likeness (QED) is 0.898. The third-order valence-electron chi connectivity index (χ3n) is 4.76. The molecule has 1 amide bonds. The molecule has 1 saturated carbocycles. The summed E-state index contributed by atoms with van der Waals surface area (Å²) >= 11 is 0. The van der Waals surface area contributed by atoms with Crippen LogP contribution in [0.5, 0.6) is 0 Å². The predicted molar refractivity (Wildman–Crippen MR) is 79.3 cm³/mol. The Morgan fingerprint density at radius 3 is 2.62 bits per heavy atom. The van der Waals surface area contributed by atoms with Gasteiger partial charge in [-0.05, 0) is 55.4 Å². The van der Waals surface area contributed by atoms with Gasteiger partial charge in [0, 0.05) is 11.6 Å². The molecule has 4 heteroatoms. The monoisotopic (exact) mass is 287 g/mol. The third-order valence-corrected chi connectivity index (χ3v) is 4.76. The first-order chi connectivity index (χ1) is 10.1. The molecule has 112 valence electrons. The molecule has 3 rings (SSSR count). The number of carbonyl (C=O) groups excluding carboxylic acids is 1. The maximum absolute atomic E-state index is 12.4. The molecule has 1 aromatic carbocycles. The van der Waals surface area contributed by atoms with E-state index in [2.05, 4.69) is 5.32 Å². The number of carboxylic acid groups (broad SMARTS) is 1. The van der Waals surface area contributed by atoms with Gasteiger partial charge < -0.3 is 10.4 Å². The van der Waals surface area contributed by atoms with Crippen molar-refractivity contribution in [2.24, 2.45) is 5.92 Å². The van der Waals surface area contributed by atoms with Crippen molar-refractivity contribution in [1.82, 2.24) is 5.32 Å². The minimum Gasteiger partial charge on any atom is -0.481 e. The summed E-state index contributed by atoms with van der Waals surface area (Å²) in [5.74, 6) is -1.38. The highest BCUT2D eigenvalue weighted by Gasteiger charge is 2.32. The van der Waals surface area contributed by atoms with Crippen LogP contribution in [-0.2, 0) is 17.6 Å². The molecular formula is C17H21NO3. The van der Waals surface area contributed by atoms with Gasteiger partial charge in [-0.3, -0.25) is 9.59 Å². The largest absolute Gasteiger partial charge is 0.481 e. The summed E-state index contributed by atoms with van der Waals surface area (Å²) in [7, 11) is 0. The lowest BCUT2D eigenvalue weighted by molar-refractivity contribution is -0.143. The zero-order chi connectivity index (χ0) is 14.8. The Labute approximate surface area is 124 Å². The molecule has 0 saturated heterocycles. The van der Waals surface area contributed by atoms with Gasteiger partial charge in [0.15, 0.2) is 0 Å². The molecule has 1 aromatic rings. The number of carbonyl (C=O) groups is 2. The molecule has 1 fully saturated rings. The molecular weight excluding hydrogens is 266 g/mol. The standard InChI is InChI=1S/C17H21NO3/c19-16(13-9-8-11-4-3-5-12(11)10-13)18-15-7-2-1-6-14(15)17(20)21/h8-10,14-15H,1-7H2,(H,18,19)(H,20,21). The minimum absolute atomic E-state index is 0.136. The van der Waals surface area contributed by atoms with E-state index in [0.717, 1.165) is 38.5 Å². The van der Waals surface area contributed by atoms with Gasteiger partial charge in [-0.2, -0.15) is 0 Å². The normalized spacial score (nSPS) is 24.4. The van der Waals surface area contributed by atoms with Crippen LogP contribution in [-0.4, -0.2) is 23.0 Å². The van der Waals surface area contributed by atoms with E-state index in [9.17, 15) is 14.7 Å². The van der Waals surface area contributed by atoms with Crippen molar-refractivity contribution in [2.45, 2.75) is 51.0 Å². The van der Waals surface area contributed by atoms with E-state index in [1.165, 1.54) is 11.1 Å². The highest BCUT2D eigenvalue weighted by molar-refractivity contribution is 5.95. The number of fused-ring (bicyclic) bond motifs is 1. The number of carboxylic acids is 1. The van der Waals surface area contributed by atoms with Crippen molar-refractivity contribution in [3.05, 3.63) is 34.9 Å². The summed E-state index contributed by atoms with van der Waals surface area (Å²) in [6, 6.07) is 5.62. The molecule has 0 aromatic heterocycles. The molecule has 0 radical (unpaired) electrons. The molecule has 0 spiro atoms. The van der Waals surface area contributed by atoms with E-state index >= 15 is 0 Å². The van der Waals surface area contributed by atoms with Crippen molar-refractivity contribution in [2.75, 3.05) is 0 Å². The second-order valence-corrected chi connectivity index (χ2v) is 6.15. The molecule has 2 unspecified atom stereocenters. The van der Waals surface area contributed by atoms with E-state index in [1.54, 1.807) is 0 Å². The minimum atomic E-state index is -0.797. The molecule has 0 heterocycles. The van der Waals surface area contributed by atoms with Gasteiger partial charge in [-0.25, -0.2) is 0 Å². The fraction of sp³-hybridized carbons (Fsp3) is 0.529. The number of hydrogen-bond acceptors (Lipinski definition) is 2. The zero-order valence-electron chi connectivity index (χ0n) is 12.1. The second-order valence-electron chi connectivity index (χ2n) is 6.15. The molecule has 2 atom stereocenters. The maximum atomic E-state index is 12.4. The number of hydrogen-bond donors (Lipinski definition) is 2. The van der Waals surface area contributed by atoms with Crippen molar-refractivity contribution < 1.29 is 14.7 Å². The van der Waals surface area contributed by atoms with Crippen LogP contribution in [0, 0.1) is 5.92 Å². The lowest BCUT2D eigenvalue weighted by atomic mass is 9.84. The van der Waals surface area contributed by atoms with Gasteiger partial charge in [-0.1, -0.05) is 18.9 Å². The smallest absolute Gasteiger partial charge is 0.308 e. The summed E-state index contributed by atoms with van der Waals surface area (Å²) in [6.07, 6.45) is 6.63. The number of nitrogens with one attached hydrogen (secondary N) is 1. The van der Waals surface area contributed by atoms with Crippen molar-refractivity contribution in [3.63, 3.8) is 0 Å². The van der Waals surface area contributed by atoms with Crippen LogP contribution in [0.3, 0.4) is 0 Å². The number of aryl methyl sites for hydroxylation is 2. The summed E-state index contributed by atoms with van der Waals surface area (Å²) < 4.78 is 0. The van der Waals surface area contributed by atoms with E-state index < -0.39 is 11.9 Å². The van der Waals surface area contributed by atoms with Gasteiger partial charge in [0.1, 0.15) is 0 Å². The van der Waals surface area contributed by atoms with Crippen LogP contribution in [0.1, 0.15) is 53.6 Å². The summed E-state index contributed by atoms with van der Waals surface area (Å²) in [6.45, 7) is 0. The van der Waals surface area contributed by atoms with E-state index in [1.807, 2.05) is 18.2 Å². The number of rotatable bonds is 3. The summed E-state index contributed by atoms with van der Waals surface area (Å²) in [5, 5.41) is 12.2. The topological polar surface area (TPSA) is 66.4 Å². The van der Waals surface area contributed by atoms with E-state index in [0.29, 0.717) is 12.0 Å². The summed E-state index contributed by atoms with van der Waals surface area (Å²) in [5.41, 5.74) is 3.26. The van der Waals surface area contributed by atoms with Crippen molar-refractivity contribution >= 4 is 11.9 Å². The highest BCUT2D eigenvalue weighted by atomic mass is 16.4. The van der Waals surface area contributed by atoms with Crippen molar-refractivity contribution in [1.29, 1.82) is 0 Å². The fourth-order valence-electron chi connectivity index (χ4n) is 3.56. The Morgan fingerprint density at radius 1 is 1.05 bits per heavy atom. The SMILES string of the molecule is O=C(NC1CCCCC1C(=O)O)c1ccc2c(c1)CCC2. The summed E-state index contributed by atoms with van der Waals surface area (Å²) in [4.78, 5) is 23.7. The first-order valence-electron chi connectivity index (χ1n) is 7.80. The molecule has 2 N–H and O–H groups in total. The first kappa shape index (κ1) is 14.1. The zero-order valence-corrected chi connectivity index (χ0v) is 12.1. The van der Waals surface area contributed by atoms with Crippen LogP contribution in [0.2, 0.25) is 0 Å². The fourth-order valence-corrected chi connectivity index (χ4v) is 3.56. The van der Waals surface area contributed by atoms with Crippen LogP contribution < -0.4 is 5.32 Å². The molecule has 0 aliphatic heterocycles.